The minimum absolute atomic E-state index is 0.297. The SMILES string of the molecule is Cc1ccc(C(Br)c2cc(F)ccc2F)cc1Br. The van der Waals surface area contributed by atoms with Crippen LogP contribution in [0.5, 0.6) is 0 Å². The number of rotatable bonds is 2. The third-order valence-electron chi connectivity index (χ3n) is 2.72. The van der Waals surface area contributed by atoms with Gasteiger partial charge in [0.25, 0.3) is 0 Å². The molecule has 4 heteroatoms. The average molecular weight is 376 g/mol. The Bertz CT molecular complexity index is 582. The van der Waals surface area contributed by atoms with Crippen molar-refractivity contribution in [2.75, 3.05) is 0 Å². The standard InChI is InChI=1S/C14H10Br2F2/c1-8-2-3-9(6-12(8)15)14(16)11-7-10(17)4-5-13(11)18/h2-7,14H,1H3. The summed E-state index contributed by atoms with van der Waals surface area (Å²) < 4.78 is 27.8. The summed E-state index contributed by atoms with van der Waals surface area (Å²) in [7, 11) is 0. The van der Waals surface area contributed by atoms with Gasteiger partial charge in [0.15, 0.2) is 0 Å². The Kier molecular flexibility index (Phi) is 4.17. The van der Waals surface area contributed by atoms with Gasteiger partial charge in [-0.3, -0.25) is 0 Å². The van der Waals surface area contributed by atoms with Crippen LogP contribution in [0.2, 0.25) is 0 Å². The predicted octanol–water partition coefficient (Wildman–Crippen LogP) is 5.52. The number of alkyl halides is 1. The Morgan fingerprint density at radius 3 is 2.44 bits per heavy atom. The molecule has 2 aromatic carbocycles. The molecule has 0 bridgehead atoms. The zero-order valence-electron chi connectivity index (χ0n) is 9.55. The highest BCUT2D eigenvalue weighted by atomic mass is 79.9. The third-order valence-corrected chi connectivity index (χ3v) is 4.60. The van der Waals surface area contributed by atoms with Crippen molar-refractivity contribution in [3.8, 4) is 0 Å². The molecule has 0 spiro atoms. The fourth-order valence-electron chi connectivity index (χ4n) is 1.66. The molecule has 0 heterocycles. The second kappa shape index (κ2) is 5.49. The lowest BCUT2D eigenvalue weighted by Gasteiger charge is -2.13. The highest BCUT2D eigenvalue weighted by Crippen LogP contribution is 2.34. The molecule has 1 unspecified atom stereocenters. The molecule has 0 amide bonds. The molecule has 18 heavy (non-hydrogen) atoms. The van der Waals surface area contributed by atoms with E-state index in [1.165, 1.54) is 6.07 Å². The average Bonchev–Trinajstić information content (AvgIpc) is 2.35. The Morgan fingerprint density at radius 2 is 1.78 bits per heavy atom. The van der Waals surface area contributed by atoms with E-state index in [1.807, 2.05) is 25.1 Å². The van der Waals surface area contributed by atoms with Crippen LogP contribution < -0.4 is 0 Å². The lowest BCUT2D eigenvalue weighted by Crippen LogP contribution is -1.98. The van der Waals surface area contributed by atoms with Gasteiger partial charge < -0.3 is 0 Å². The Labute approximate surface area is 121 Å². The molecule has 2 rings (SSSR count). The molecule has 0 aliphatic rings. The molecule has 94 valence electrons. The molecule has 0 N–H and O–H groups in total. The van der Waals surface area contributed by atoms with E-state index in [9.17, 15) is 8.78 Å². The molecule has 0 aromatic heterocycles. The highest BCUT2D eigenvalue weighted by molar-refractivity contribution is 9.10. The summed E-state index contributed by atoms with van der Waals surface area (Å²) in [5, 5.41) is 0. The summed E-state index contributed by atoms with van der Waals surface area (Å²) in [6.45, 7) is 1.97. The van der Waals surface area contributed by atoms with Crippen molar-refractivity contribution in [1.29, 1.82) is 0 Å². The minimum atomic E-state index is -0.443. The van der Waals surface area contributed by atoms with Crippen LogP contribution in [0.15, 0.2) is 40.9 Å². The normalized spacial score (nSPS) is 12.5. The highest BCUT2D eigenvalue weighted by Gasteiger charge is 2.16. The maximum atomic E-state index is 13.7. The summed E-state index contributed by atoms with van der Waals surface area (Å²) >= 11 is 6.84. The van der Waals surface area contributed by atoms with Crippen LogP contribution in [0.3, 0.4) is 0 Å². The van der Waals surface area contributed by atoms with Gasteiger partial charge in [-0.1, -0.05) is 44.0 Å². The van der Waals surface area contributed by atoms with Crippen LogP contribution >= 0.6 is 31.9 Å². The monoisotopic (exact) mass is 374 g/mol. The van der Waals surface area contributed by atoms with Crippen LogP contribution in [0.1, 0.15) is 21.5 Å². The number of benzene rings is 2. The number of hydrogen-bond donors (Lipinski definition) is 0. The summed E-state index contributed by atoms with van der Waals surface area (Å²) in [5.74, 6) is -0.864. The fraction of sp³-hybridized carbons (Fsp3) is 0.143. The van der Waals surface area contributed by atoms with Gasteiger partial charge in [-0.25, -0.2) is 8.78 Å². The quantitative estimate of drug-likeness (QED) is 0.606. The molecular weight excluding hydrogens is 366 g/mol. The molecule has 0 nitrogen and oxygen atoms in total. The van der Waals surface area contributed by atoms with Crippen LogP contribution in [-0.4, -0.2) is 0 Å². The van der Waals surface area contributed by atoms with Gasteiger partial charge in [0, 0.05) is 10.0 Å². The van der Waals surface area contributed by atoms with Gasteiger partial charge >= 0.3 is 0 Å². The summed E-state index contributed by atoms with van der Waals surface area (Å²) in [6.07, 6.45) is 0. The molecule has 0 fully saturated rings. The molecule has 0 saturated heterocycles. The minimum Gasteiger partial charge on any atom is -0.207 e. The second-order valence-corrected chi connectivity index (χ2v) is 5.81. The van der Waals surface area contributed by atoms with E-state index in [4.69, 9.17) is 0 Å². The third kappa shape index (κ3) is 2.81. The van der Waals surface area contributed by atoms with Gasteiger partial charge in [-0.2, -0.15) is 0 Å². The maximum Gasteiger partial charge on any atom is 0.128 e. The zero-order valence-corrected chi connectivity index (χ0v) is 12.7. The van der Waals surface area contributed by atoms with Crippen LogP contribution in [0, 0.1) is 18.6 Å². The molecule has 0 radical (unpaired) electrons. The fourth-order valence-corrected chi connectivity index (χ4v) is 2.69. The number of halogens is 4. The van der Waals surface area contributed by atoms with Crippen LogP contribution in [0.4, 0.5) is 8.78 Å². The smallest absolute Gasteiger partial charge is 0.128 e. The lowest BCUT2D eigenvalue weighted by atomic mass is 10.0. The Balaban J connectivity index is 2.44. The van der Waals surface area contributed by atoms with Crippen molar-refractivity contribution in [1.82, 2.24) is 0 Å². The Hall–Kier alpha value is -0.740. The lowest BCUT2D eigenvalue weighted by molar-refractivity contribution is 0.588. The van der Waals surface area contributed by atoms with Gasteiger partial charge in [0.2, 0.25) is 0 Å². The molecule has 0 saturated carbocycles. The molecular formula is C14H10Br2F2. The maximum absolute atomic E-state index is 13.7. The first-order valence-corrected chi connectivity index (χ1v) is 7.05. The van der Waals surface area contributed by atoms with E-state index in [2.05, 4.69) is 31.9 Å². The molecule has 1 atom stereocenters. The van der Waals surface area contributed by atoms with Crippen molar-refractivity contribution < 1.29 is 8.78 Å². The molecule has 2 aromatic rings. The van der Waals surface area contributed by atoms with Gasteiger partial charge in [-0.05, 0) is 42.3 Å². The summed E-state index contributed by atoms with van der Waals surface area (Å²) in [6, 6.07) is 9.20. The predicted molar refractivity (Wildman–Crippen MR) is 76.0 cm³/mol. The summed E-state index contributed by atoms with van der Waals surface area (Å²) in [5.41, 5.74) is 2.26. The zero-order chi connectivity index (χ0) is 13.3. The first-order valence-electron chi connectivity index (χ1n) is 5.34. The largest absolute Gasteiger partial charge is 0.207 e. The van der Waals surface area contributed by atoms with Crippen molar-refractivity contribution in [2.24, 2.45) is 0 Å². The topological polar surface area (TPSA) is 0 Å². The van der Waals surface area contributed by atoms with Crippen molar-refractivity contribution in [3.05, 3.63) is 69.2 Å². The van der Waals surface area contributed by atoms with E-state index in [1.54, 1.807) is 0 Å². The van der Waals surface area contributed by atoms with Crippen molar-refractivity contribution in [3.63, 3.8) is 0 Å². The van der Waals surface area contributed by atoms with Crippen molar-refractivity contribution in [2.45, 2.75) is 11.8 Å². The van der Waals surface area contributed by atoms with Gasteiger partial charge in [0.1, 0.15) is 11.6 Å². The van der Waals surface area contributed by atoms with E-state index in [0.29, 0.717) is 5.56 Å². The van der Waals surface area contributed by atoms with E-state index in [-0.39, 0.29) is 4.83 Å². The van der Waals surface area contributed by atoms with E-state index < -0.39 is 11.6 Å². The molecule has 0 aliphatic carbocycles. The van der Waals surface area contributed by atoms with Gasteiger partial charge in [0.05, 0.1) is 4.83 Å². The van der Waals surface area contributed by atoms with Crippen LogP contribution in [-0.2, 0) is 0 Å². The van der Waals surface area contributed by atoms with Crippen molar-refractivity contribution >= 4 is 31.9 Å². The number of aryl methyl sites for hydroxylation is 1. The second-order valence-electron chi connectivity index (χ2n) is 4.04. The first-order chi connectivity index (χ1) is 8.49. The van der Waals surface area contributed by atoms with Crippen LogP contribution in [0.25, 0.3) is 0 Å². The Morgan fingerprint density at radius 1 is 1.06 bits per heavy atom. The summed E-state index contributed by atoms with van der Waals surface area (Å²) in [4.78, 5) is -0.370. The number of hydrogen-bond acceptors (Lipinski definition) is 0. The molecule has 0 aliphatic heterocycles. The first kappa shape index (κ1) is 13.7. The van der Waals surface area contributed by atoms with Gasteiger partial charge in [-0.15, -0.1) is 0 Å². The van der Waals surface area contributed by atoms with E-state index >= 15 is 0 Å². The van der Waals surface area contributed by atoms with E-state index in [0.717, 1.165) is 27.7 Å².